The number of hydrogen-bond acceptors (Lipinski definition) is 2. The van der Waals surface area contributed by atoms with E-state index in [2.05, 4.69) is 10.6 Å². The quantitative estimate of drug-likeness (QED) is 0.873. The van der Waals surface area contributed by atoms with E-state index in [9.17, 15) is 13.6 Å². The standard InChI is InChI=1S/C16H23F2N3O/c1-4-16(2,3)20-15(22)19-13-6-5-11-8-21(10-14(17)18)9-12(11)7-13/h5-7,14H,4,8-10H2,1-3H3,(H2,19,20,22). The number of nitrogens with zero attached hydrogens (tertiary/aromatic N) is 1. The van der Waals surface area contributed by atoms with Crippen LogP contribution < -0.4 is 10.6 Å². The van der Waals surface area contributed by atoms with Gasteiger partial charge in [0.15, 0.2) is 0 Å². The highest BCUT2D eigenvalue weighted by atomic mass is 19.3. The first-order valence-corrected chi connectivity index (χ1v) is 7.50. The molecule has 2 N–H and O–H groups in total. The van der Waals surface area contributed by atoms with Crippen LogP contribution >= 0.6 is 0 Å². The van der Waals surface area contributed by atoms with Crippen molar-refractivity contribution in [1.29, 1.82) is 0 Å². The Morgan fingerprint density at radius 3 is 2.64 bits per heavy atom. The zero-order chi connectivity index (χ0) is 16.3. The van der Waals surface area contributed by atoms with Gasteiger partial charge in [0.1, 0.15) is 0 Å². The van der Waals surface area contributed by atoms with Gasteiger partial charge in [0, 0.05) is 24.3 Å². The Morgan fingerprint density at radius 2 is 2.00 bits per heavy atom. The van der Waals surface area contributed by atoms with Crippen molar-refractivity contribution in [2.45, 2.75) is 52.2 Å². The number of rotatable bonds is 5. The number of amides is 2. The Bertz CT molecular complexity index is 546. The van der Waals surface area contributed by atoms with Crippen LogP contribution in [0, 0.1) is 0 Å². The molecule has 0 saturated heterocycles. The van der Waals surface area contributed by atoms with E-state index in [1.165, 1.54) is 0 Å². The Morgan fingerprint density at radius 1 is 1.32 bits per heavy atom. The Labute approximate surface area is 129 Å². The fourth-order valence-electron chi connectivity index (χ4n) is 2.43. The Balaban J connectivity index is 1.97. The van der Waals surface area contributed by atoms with Crippen LogP contribution in [0.5, 0.6) is 0 Å². The van der Waals surface area contributed by atoms with E-state index < -0.39 is 6.43 Å². The van der Waals surface area contributed by atoms with Gasteiger partial charge < -0.3 is 10.6 Å². The lowest BCUT2D eigenvalue weighted by Gasteiger charge is -2.24. The molecule has 22 heavy (non-hydrogen) atoms. The number of urea groups is 1. The molecule has 122 valence electrons. The molecule has 1 aromatic rings. The summed E-state index contributed by atoms with van der Waals surface area (Å²) in [7, 11) is 0. The summed E-state index contributed by atoms with van der Waals surface area (Å²) in [6.07, 6.45) is -1.50. The maximum atomic E-state index is 12.4. The number of carbonyl (C=O) groups excluding carboxylic acids is 1. The maximum Gasteiger partial charge on any atom is 0.319 e. The molecule has 1 heterocycles. The molecule has 0 fully saturated rings. The predicted molar refractivity (Wildman–Crippen MR) is 83.1 cm³/mol. The highest BCUT2D eigenvalue weighted by molar-refractivity contribution is 5.89. The number of hydrogen-bond donors (Lipinski definition) is 2. The van der Waals surface area contributed by atoms with Gasteiger partial charge in [-0.2, -0.15) is 0 Å². The summed E-state index contributed by atoms with van der Waals surface area (Å²) in [5, 5.41) is 5.70. The van der Waals surface area contributed by atoms with E-state index in [1.807, 2.05) is 39.0 Å². The lowest BCUT2D eigenvalue weighted by molar-refractivity contribution is 0.0873. The molecule has 0 aliphatic carbocycles. The smallest absolute Gasteiger partial charge is 0.319 e. The fourth-order valence-corrected chi connectivity index (χ4v) is 2.43. The summed E-state index contributed by atoms with van der Waals surface area (Å²) in [4.78, 5) is 13.7. The molecule has 1 aliphatic rings. The minimum absolute atomic E-state index is 0.220. The second kappa shape index (κ2) is 6.60. The van der Waals surface area contributed by atoms with E-state index in [1.54, 1.807) is 4.90 Å². The molecule has 0 aromatic heterocycles. The van der Waals surface area contributed by atoms with Crippen molar-refractivity contribution >= 4 is 11.7 Å². The topological polar surface area (TPSA) is 44.4 Å². The van der Waals surface area contributed by atoms with Gasteiger partial charge in [-0.1, -0.05) is 13.0 Å². The summed E-state index contributed by atoms with van der Waals surface area (Å²) in [5.41, 5.74) is 2.45. The van der Waals surface area contributed by atoms with Crippen LogP contribution in [-0.2, 0) is 13.1 Å². The molecule has 0 unspecified atom stereocenters. The molecular formula is C16H23F2N3O. The summed E-state index contributed by atoms with van der Waals surface area (Å²) in [5.74, 6) is 0. The molecule has 0 bridgehead atoms. The molecule has 0 radical (unpaired) electrons. The predicted octanol–water partition coefficient (Wildman–Crippen LogP) is 3.58. The molecular weight excluding hydrogens is 288 g/mol. The van der Waals surface area contributed by atoms with Gasteiger partial charge in [-0.15, -0.1) is 0 Å². The molecule has 0 atom stereocenters. The van der Waals surface area contributed by atoms with Gasteiger partial charge in [0.05, 0.1) is 6.54 Å². The molecule has 1 aromatic carbocycles. The summed E-state index contributed by atoms with van der Waals surface area (Å²) in [6.45, 7) is 6.73. The van der Waals surface area contributed by atoms with Crippen LogP contribution in [0.4, 0.5) is 19.3 Å². The largest absolute Gasteiger partial charge is 0.333 e. The zero-order valence-electron chi connectivity index (χ0n) is 13.2. The van der Waals surface area contributed by atoms with Crippen LogP contribution in [0.3, 0.4) is 0 Å². The molecule has 6 heteroatoms. The molecule has 2 amide bonds. The van der Waals surface area contributed by atoms with Gasteiger partial charge in [0.25, 0.3) is 6.43 Å². The average molecular weight is 311 g/mol. The minimum Gasteiger partial charge on any atom is -0.333 e. The minimum atomic E-state index is -2.33. The van der Waals surface area contributed by atoms with Crippen molar-refractivity contribution in [2.24, 2.45) is 0 Å². The number of halogens is 2. The highest BCUT2D eigenvalue weighted by Gasteiger charge is 2.22. The zero-order valence-corrected chi connectivity index (χ0v) is 13.2. The van der Waals surface area contributed by atoms with Gasteiger partial charge in [-0.3, -0.25) is 4.90 Å². The van der Waals surface area contributed by atoms with E-state index >= 15 is 0 Å². The number of benzene rings is 1. The van der Waals surface area contributed by atoms with Crippen molar-refractivity contribution in [3.8, 4) is 0 Å². The third-order valence-corrected chi connectivity index (χ3v) is 3.98. The molecule has 2 rings (SSSR count). The number of anilines is 1. The van der Waals surface area contributed by atoms with E-state index in [-0.39, 0.29) is 18.1 Å². The maximum absolute atomic E-state index is 12.4. The Kier molecular flexibility index (Phi) is 5.01. The third-order valence-electron chi connectivity index (χ3n) is 3.98. The lowest BCUT2D eigenvalue weighted by Crippen LogP contribution is -2.45. The van der Waals surface area contributed by atoms with E-state index in [0.717, 1.165) is 17.5 Å². The monoisotopic (exact) mass is 311 g/mol. The first-order chi connectivity index (χ1) is 10.3. The van der Waals surface area contributed by atoms with Crippen LogP contribution in [0.2, 0.25) is 0 Å². The van der Waals surface area contributed by atoms with Crippen molar-refractivity contribution in [1.82, 2.24) is 10.2 Å². The molecule has 4 nitrogen and oxygen atoms in total. The fraction of sp³-hybridized carbons (Fsp3) is 0.562. The summed E-state index contributed by atoms with van der Waals surface area (Å²) >= 11 is 0. The van der Waals surface area contributed by atoms with Crippen molar-refractivity contribution in [3.05, 3.63) is 29.3 Å². The molecule has 1 aliphatic heterocycles. The van der Waals surface area contributed by atoms with Gasteiger partial charge in [-0.25, -0.2) is 13.6 Å². The number of fused-ring (bicyclic) bond motifs is 1. The van der Waals surface area contributed by atoms with Crippen LogP contribution in [0.25, 0.3) is 0 Å². The summed E-state index contributed by atoms with van der Waals surface area (Å²) < 4.78 is 24.9. The van der Waals surface area contributed by atoms with Crippen molar-refractivity contribution < 1.29 is 13.6 Å². The third kappa shape index (κ3) is 4.40. The highest BCUT2D eigenvalue weighted by Crippen LogP contribution is 2.26. The van der Waals surface area contributed by atoms with Crippen molar-refractivity contribution in [2.75, 3.05) is 11.9 Å². The first-order valence-electron chi connectivity index (χ1n) is 7.50. The second-order valence-electron chi connectivity index (χ2n) is 6.36. The second-order valence-corrected chi connectivity index (χ2v) is 6.36. The number of alkyl halides is 2. The summed E-state index contributed by atoms with van der Waals surface area (Å²) in [6, 6.07) is 5.30. The number of carbonyl (C=O) groups is 1. The Hall–Kier alpha value is -1.69. The first kappa shape index (κ1) is 16.7. The molecule has 0 spiro atoms. The van der Waals surface area contributed by atoms with Crippen molar-refractivity contribution in [3.63, 3.8) is 0 Å². The van der Waals surface area contributed by atoms with Gasteiger partial charge >= 0.3 is 6.03 Å². The van der Waals surface area contributed by atoms with Gasteiger partial charge in [-0.05, 0) is 43.5 Å². The van der Waals surface area contributed by atoms with Gasteiger partial charge in [0.2, 0.25) is 0 Å². The van der Waals surface area contributed by atoms with E-state index in [4.69, 9.17) is 0 Å². The van der Waals surface area contributed by atoms with E-state index in [0.29, 0.717) is 18.8 Å². The SMILES string of the molecule is CCC(C)(C)NC(=O)Nc1ccc2c(c1)CN(CC(F)F)C2. The van der Waals surface area contributed by atoms with Crippen LogP contribution in [-0.4, -0.2) is 29.4 Å². The normalized spacial score (nSPS) is 15.0. The lowest BCUT2D eigenvalue weighted by atomic mass is 10.0. The molecule has 0 saturated carbocycles. The average Bonchev–Trinajstić information content (AvgIpc) is 2.78. The van der Waals surface area contributed by atoms with Crippen LogP contribution in [0.1, 0.15) is 38.3 Å². The number of nitrogens with one attached hydrogen (secondary N) is 2. The van der Waals surface area contributed by atoms with Crippen LogP contribution in [0.15, 0.2) is 18.2 Å².